The van der Waals surface area contributed by atoms with Crippen LogP contribution in [0.5, 0.6) is 0 Å². The van der Waals surface area contributed by atoms with Crippen molar-refractivity contribution in [3.63, 3.8) is 0 Å². The zero-order valence-corrected chi connectivity index (χ0v) is 9.48. The number of hydrogen-bond donors (Lipinski definition) is 2. The summed E-state index contributed by atoms with van der Waals surface area (Å²) in [7, 11) is 0. The van der Waals surface area contributed by atoms with E-state index in [0.29, 0.717) is 6.42 Å². The van der Waals surface area contributed by atoms with Gasteiger partial charge in [0.25, 0.3) is 0 Å². The lowest BCUT2D eigenvalue weighted by atomic mass is 9.82. The molecule has 2 N–H and O–H groups in total. The summed E-state index contributed by atoms with van der Waals surface area (Å²) in [5.74, 6) is -3.66. The van der Waals surface area contributed by atoms with Crippen LogP contribution in [0.4, 0.5) is 0 Å². The van der Waals surface area contributed by atoms with Crippen LogP contribution in [0.1, 0.15) is 26.2 Å². The van der Waals surface area contributed by atoms with E-state index in [9.17, 15) is 9.59 Å². The highest BCUT2D eigenvalue weighted by atomic mass is 16.4. The largest absolute Gasteiger partial charge is 0.481 e. The third kappa shape index (κ3) is 3.88. The minimum atomic E-state index is -1.14. The highest BCUT2D eigenvalue weighted by Gasteiger charge is 2.29. The average Bonchev–Trinajstić information content (AvgIpc) is 2.22. The molecule has 0 aromatic heterocycles. The Hall–Kier alpha value is -1.58. The standard InChI is InChI=1S/C12H18O4/c1-4-6-7-10(8(3)11(13)14)9(5-2)12(15)16/h5,9-10H,2-4,6-7H2,1H3,(H,13,14)(H,15,16). The van der Waals surface area contributed by atoms with Crippen molar-refractivity contribution in [1.29, 1.82) is 0 Å². The molecule has 2 unspecified atom stereocenters. The Morgan fingerprint density at radius 3 is 2.25 bits per heavy atom. The van der Waals surface area contributed by atoms with Crippen molar-refractivity contribution in [3.05, 3.63) is 24.8 Å². The molecule has 0 aliphatic heterocycles. The highest BCUT2D eigenvalue weighted by Crippen LogP contribution is 2.27. The van der Waals surface area contributed by atoms with Gasteiger partial charge in [0.2, 0.25) is 0 Å². The second-order valence-electron chi connectivity index (χ2n) is 3.68. The first kappa shape index (κ1) is 14.4. The predicted molar refractivity (Wildman–Crippen MR) is 61.1 cm³/mol. The minimum absolute atomic E-state index is 0.0549. The molecular weight excluding hydrogens is 208 g/mol. The van der Waals surface area contributed by atoms with Gasteiger partial charge in [-0.2, -0.15) is 0 Å². The summed E-state index contributed by atoms with van der Waals surface area (Å²) in [6.07, 6.45) is 3.43. The molecule has 0 aliphatic carbocycles. The SMILES string of the molecule is C=CC(C(=O)O)C(CCCC)C(=C)C(=O)O. The first-order chi connectivity index (χ1) is 7.45. The van der Waals surface area contributed by atoms with E-state index in [0.717, 1.165) is 12.8 Å². The first-order valence-electron chi connectivity index (χ1n) is 5.23. The Balaban J connectivity index is 4.89. The molecule has 4 nitrogen and oxygen atoms in total. The van der Waals surface area contributed by atoms with E-state index in [4.69, 9.17) is 10.2 Å². The lowest BCUT2D eigenvalue weighted by Gasteiger charge is -2.21. The smallest absolute Gasteiger partial charge is 0.331 e. The summed E-state index contributed by atoms with van der Waals surface area (Å²) in [6, 6.07) is 0. The Bertz CT molecular complexity index is 293. The molecule has 0 spiro atoms. The highest BCUT2D eigenvalue weighted by molar-refractivity contribution is 5.88. The molecule has 0 aliphatic rings. The molecule has 16 heavy (non-hydrogen) atoms. The summed E-state index contributed by atoms with van der Waals surface area (Å²) in [5, 5.41) is 17.8. The number of rotatable bonds is 8. The monoisotopic (exact) mass is 226 g/mol. The van der Waals surface area contributed by atoms with Crippen LogP contribution in [-0.4, -0.2) is 22.2 Å². The summed E-state index contributed by atoms with van der Waals surface area (Å²) in [4.78, 5) is 21.8. The molecule has 0 fully saturated rings. The molecule has 2 atom stereocenters. The maximum absolute atomic E-state index is 11.0. The summed E-state index contributed by atoms with van der Waals surface area (Å²) >= 11 is 0. The Morgan fingerprint density at radius 1 is 1.38 bits per heavy atom. The minimum Gasteiger partial charge on any atom is -0.481 e. The average molecular weight is 226 g/mol. The van der Waals surface area contributed by atoms with Gasteiger partial charge in [0.05, 0.1) is 5.92 Å². The third-order valence-corrected chi connectivity index (χ3v) is 2.56. The van der Waals surface area contributed by atoms with Crippen LogP contribution >= 0.6 is 0 Å². The van der Waals surface area contributed by atoms with E-state index in [-0.39, 0.29) is 5.57 Å². The van der Waals surface area contributed by atoms with E-state index >= 15 is 0 Å². The molecule has 0 radical (unpaired) electrons. The van der Waals surface area contributed by atoms with Gasteiger partial charge in [-0.3, -0.25) is 4.79 Å². The van der Waals surface area contributed by atoms with Gasteiger partial charge in [-0.25, -0.2) is 4.79 Å². The van der Waals surface area contributed by atoms with Gasteiger partial charge in [-0.05, 0) is 6.42 Å². The second kappa shape index (κ2) is 6.82. The van der Waals surface area contributed by atoms with Crippen LogP contribution < -0.4 is 0 Å². The Morgan fingerprint density at radius 2 is 1.94 bits per heavy atom. The predicted octanol–water partition coefficient (Wildman–Crippen LogP) is 2.32. The summed E-state index contributed by atoms with van der Waals surface area (Å²) in [5.41, 5.74) is -0.0549. The Labute approximate surface area is 95.3 Å². The van der Waals surface area contributed by atoms with Crippen molar-refractivity contribution in [2.75, 3.05) is 0 Å². The van der Waals surface area contributed by atoms with Crippen LogP contribution in [-0.2, 0) is 9.59 Å². The van der Waals surface area contributed by atoms with E-state index < -0.39 is 23.8 Å². The number of carboxylic acids is 2. The molecule has 0 saturated heterocycles. The fraction of sp³-hybridized carbons (Fsp3) is 0.500. The summed E-state index contributed by atoms with van der Waals surface area (Å²) in [6.45, 7) is 8.85. The number of aliphatic carboxylic acids is 2. The zero-order valence-electron chi connectivity index (χ0n) is 9.48. The molecular formula is C12H18O4. The van der Waals surface area contributed by atoms with E-state index in [2.05, 4.69) is 13.2 Å². The fourth-order valence-corrected chi connectivity index (χ4v) is 1.59. The van der Waals surface area contributed by atoms with E-state index in [1.807, 2.05) is 6.92 Å². The van der Waals surface area contributed by atoms with Gasteiger partial charge in [0, 0.05) is 11.5 Å². The molecule has 0 aromatic carbocycles. The third-order valence-electron chi connectivity index (χ3n) is 2.56. The molecule has 0 bridgehead atoms. The zero-order chi connectivity index (χ0) is 12.7. The van der Waals surface area contributed by atoms with Gasteiger partial charge < -0.3 is 10.2 Å². The van der Waals surface area contributed by atoms with Gasteiger partial charge >= 0.3 is 11.9 Å². The van der Waals surface area contributed by atoms with Crippen LogP contribution in [0.25, 0.3) is 0 Å². The topological polar surface area (TPSA) is 74.6 Å². The summed E-state index contributed by atoms with van der Waals surface area (Å²) < 4.78 is 0. The fourth-order valence-electron chi connectivity index (χ4n) is 1.59. The van der Waals surface area contributed by atoms with Crippen molar-refractivity contribution in [3.8, 4) is 0 Å². The van der Waals surface area contributed by atoms with Crippen LogP contribution in [0, 0.1) is 11.8 Å². The lowest BCUT2D eigenvalue weighted by Crippen LogP contribution is -2.26. The van der Waals surface area contributed by atoms with Crippen LogP contribution in [0.2, 0.25) is 0 Å². The van der Waals surface area contributed by atoms with E-state index in [1.54, 1.807) is 0 Å². The maximum atomic E-state index is 11.0. The number of carbonyl (C=O) groups is 2. The number of carboxylic acid groups (broad SMARTS) is 2. The molecule has 0 heterocycles. The number of unbranched alkanes of at least 4 members (excludes halogenated alkanes) is 1. The van der Waals surface area contributed by atoms with Gasteiger partial charge in [0.15, 0.2) is 0 Å². The molecule has 0 amide bonds. The van der Waals surface area contributed by atoms with Crippen molar-refractivity contribution < 1.29 is 19.8 Å². The lowest BCUT2D eigenvalue weighted by molar-refractivity contribution is -0.141. The van der Waals surface area contributed by atoms with Crippen LogP contribution in [0.3, 0.4) is 0 Å². The van der Waals surface area contributed by atoms with Crippen molar-refractivity contribution >= 4 is 11.9 Å². The molecule has 0 saturated carbocycles. The van der Waals surface area contributed by atoms with Gasteiger partial charge in [-0.1, -0.05) is 32.4 Å². The Kier molecular flexibility index (Phi) is 6.15. The molecule has 0 aromatic rings. The molecule has 90 valence electrons. The second-order valence-corrected chi connectivity index (χ2v) is 3.68. The molecule has 0 rings (SSSR count). The van der Waals surface area contributed by atoms with Crippen LogP contribution in [0.15, 0.2) is 24.8 Å². The molecule has 4 heteroatoms. The quantitative estimate of drug-likeness (QED) is 0.492. The van der Waals surface area contributed by atoms with Gasteiger partial charge in [0.1, 0.15) is 0 Å². The van der Waals surface area contributed by atoms with Crippen molar-refractivity contribution in [2.24, 2.45) is 11.8 Å². The van der Waals surface area contributed by atoms with Crippen molar-refractivity contribution in [2.45, 2.75) is 26.2 Å². The maximum Gasteiger partial charge on any atom is 0.331 e. The first-order valence-corrected chi connectivity index (χ1v) is 5.23. The van der Waals surface area contributed by atoms with Gasteiger partial charge in [-0.15, -0.1) is 6.58 Å². The number of hydrogen-bond acceptors (Lipinski definition) is 2. The van der Waals surface area contributed by atoms with Crippen molar-refractivity contribution in [1.82, 2.24) is 0 Å². The van der Waals surface area contributed by atoms with E-state index in [1.165, 1.54) is 6.08 Å². The normalized spacial score (nSPS) is 13.8.